The topological polar surface area (TPSA) is 18.5 Å². The van der Waals surface area contributed by atoms with E-state index in [9.17, 15) is 13.2 Å². The zero-order chi connectivity index (χ0) is 19.4. The maximum Gasteiger partial charge on any atom is 0.387 e. The summed E-state index contributed by atoms with van der Waals surface area (Å²) in [5, 5.41) is 0. The number of rotatable bonds is 7. The molecule has 142 valence electrons. The van der Waals surface area contributed by atoms with Crippen LogP contribution in [-0.2, 0) is 6.42 Å². The summed E-state index contributed by atoms with van der Waals surface area (Å²) in [5.41, 5.74) is 3.30. The van der Waals surface area contributed by atoms with Crippen LogP contribution in [0.4, 0.5) is 13.2 Å². The van der Waals surface area contributed by atoms with E-state index in [-0.39, 0.29) is 23.1 Å². The molecule has 0 saturated carbocycles. The lowest BCUT2D eigenvalue weighted by Crippen LogP contribution is -2.10. The van der Waals surface area contributed by atoms with E-state index in [2.05, 4.69) is 18.6 Å². The monoisotopic (exact) mass is 366 g/mol. The Labute approximate surface area is 152 Å². The van der Waals surface area contributed by atoms with Gasteiger partial charge in [-0.05, 0) is 54.0 Å². The third-order valence-corrected chi connectivity index (χ3v) is 4.52. The van der Waals surface area contributed by atoms with E-state index >= 15 is 0 Å². The maximum atomic E-state index is 14.4. The first-order valence-corrected chi connectivity index (χ1v) is 8.65. The van der Waals surface area contributed by atoms with Crippen LogP contribution in [0, 0.1) is 12.7 Å². The van der Waals surface area contributed by atoms with Gasteiger partial charge in [0.05, 0.1) is 7.11 Å². The summed E-state index contributed by atoms with van der Waals surface area (Å²) < 4.78 is 49.8. The van der Waals surface area contributed by atoms with Crippen molar-refractivity contribution in [2.75, 3.05) is 7.11 Å². The SMILES string of the molecule is COc1c(CC(C)c2c(F)cccc2OC(F)F)ccc(C)c1C(C)C. The molecule has 0 aliphatic rings. The lowest BCUT2D eigenvalue weighted by Gasteiger charge is -2.22. The van der Waals surface area contributed by atoms with Crippen molar-refractivity contribution in [3.63, 3.8) is 0 Å². The van der Waals surface area contributed by atoms with Crippen LogP contribution in [-0.4, -0.2) is 13.7 Å². The predicted octanol–water partition coefficient (Wildman–Crippen LogP) is 6.21. The fourth-order valence-electron chi connectivity index (χ4n) is 3.49. The minimum atomic E-state index is -3.00. The van der Waals surface area contributed by atoms with Crippen LogP contribution < -0.4 is 9.47 Å². The third kappa shape index (κ3) is 4.32. The number of hydrogen-bond donors (Lipinski definition) is 0. The molecule has 2 aromatic carbocycles. The number of halogens is 3. The lowest BCUT2D eigenvalue weighted by atomic mass is 9.88. The van der Waals surface area contributed by atoms with Gasteiger partial charge in [-0.2, -0.15) is 8.78 Å². The molecule has 2 aromatic rings. The van der Waals surface area contributed by atoms with Crippen molar-refractivity contribution in [2.45, 2.75) is 52.6 Å². The largest absolute Gasteiger partial charge is 0.496 e. The number of ether oxygens (including phenoxy) is 2. The highest BCUT2D eigenvalue weighted by atomic mass is 19.3. The van der Waals surface area contributed by atoms with E-state index in [0.717, 1.165) is 22.4 Å². The van der Waals surface area contributed by atoms with Gasteiger partial charge in [0.2, 0.25) is 0 Å². The van der Waals surface area contributed by atoms with Crippen LogP contribution in [0.25, 0.3) is 0 Å². The molecule has 0 saturated heterocycles. The van der Waals surface area contributed by atoms with Gasteiger partial charge in [0, 0.05) is 5.56 Å². The van der Waals surface area contributed by atoms with Crippen molar-refractivity contribution in [2.24, 2.45) is 0 Å². The molecule has 2 nitrogen and oxygen atoms in total. The van der Waals surface area contributed by atoms with Crippen LogP contribution in [0.15, 0.2) is 30.3 Å². The molecule has 26 heavy (non-hydrogen) atoms. The van der Waals surface area contributed by atoms with Crippen molar-refractivity contribution >= 4 is 0 Å². The number of benzene rings is 2. The molecular weight excluding hydrogens is 341 g/mol. The van der Waals surface area contributed by atoms with E-state index in [0.29, 0.717) is 6.42 Å². The fraction of sp³-hybridized carbons (Fsp3) is 0.429. The van der Waals surface area contributed by atoms with Crippen molar-refractivity contribution in [1.82, 2.24) is 0 Å². The number of aryl methyl sites for hydroxylation is 1. The Bertz CT molecular complexity index is 757. The summed E-state index contributed by atoms with van der Waals surface area (Å²) >= 11 is 0. The molecule has 0 radical (unpaired) electrons. The summed E-state index contributed by atoms with van der Waals surface area (Å²) in [6.45, 7) is 5.00. The van der Waals surface area contributed by atoms with Crippen molar-refractivity contribution in [1.29, 1.82) is 0 Å². The van der Waals surface area contributed by atoms with E-state index in [1.807, 2.05) is 19.1 Å². The van der Waals surface area contributed by atoms with Crippen LogP contribution in [0.3, 0.4) is 0 Å². The van der Waals surface area contributed by atoms with Crippen LogP contribution >= 0.6 is 0 Å². The zero-order valence-electron chi connectivity index (χ0n) is 15.8. The van der Waals surface area contributed by atoms with E-state index in [1.165, 1.54) is 18.2 Å². The molecule has 0 N–H and O–H groups in total. The number of alkyl halides is 2. The smallest absolute Gasteiger partial charge is 0.387 e. The first kappa shape index (κ1) is 20.1. The second kappa shape index (κ2) is 8.47. The maximum absolute atomic E-state index is 14.4. The van der Waals surface area contributed by atoms with Crippen LogP contribution in [0.5, 0.6) is 11.5 Å². The highest BCUT2D eigenvalue weighted by molar-refractivity contribution is 5.49. The summed E-state index contributed by atoms with van der Waals surface area (Å²) in [5.74, 6) is 0.0148. The van der Waals surface area contributed by atoms with Crippen molar-refractivity contribution in [3.05, 3.63) is 58.4 Å². The average Bonchev–Trinajstić information content (AvgIpc) is 2.55. The van der Waals surface area contributed by atoms with E-state index < -0.39 is 12.4 Å². The first-order valence-electron chi connectivity index (χ1n) is 8.65. The second-order valence-electron chi connectivity index (χ2n) is 6.78. The van der Waals surface area contributed by atoms with Gasteiger partial charge >= 0.3 is 6.61 Å². The van der Waals surface area contributed by atoms with Gasteiger partial charge in [0.15, 0.2) is 0 Å². The Kier molecular flexibility index (Phi) is 6.57. The standard InChI is InChI=1S/C21H25F3O2/c1-12(2)18-13(3)9-10-15(20(18)25-5)11-14(4)19-16(22)7-6-8-17(19)26-21(23)24/h6-10,12,14,21H,11H2,1-5H3. The van der Waals surface area contributed by atoms with Crippen molar-refractivity contribution < 1.29 is 22.6 Å². The summed E-state index contributed by atoms with van der Waals surface area (Å²) in [7, 11) is 1.61. The van der Waals surface area contributed by atoms with Gasteiger partial charge in [0.1, 0.15) is 17.3 Å². The summed E-state index contributed by atoms with van der Waals surface area (Å²) in [4.78, 5) is 0. The molecule has 2 rings (SSSR count). The normalized spacial score (nSPS) is 12.5. The molecule has 0 bridgehead atoms. The minimum absolute atomic E-state index is 0.123. The van der Waals surface area contributed by atoms with Gasteiger partial charge in [-0.25, -0.2) is 4.39 Å². The highest BCUT2D eigenvalue weighted by Gasteiger charge is 2.22. The Balaban J connectivity index is 2.43. The number of methoxy groups -OCH3 is 1. The highest BCUT2D eigenvalue weighted by Crippen LogP contribution is 2.38. The van der Waals surface area contributed by atoms with Crippen molar-refractivity contribution in [3.8, 4) is 11.5 Å². The van der Waals surface area contributed by atoms with Gasteiger partial charge in [-0.1, -0.05) is 39.0 Å². The van der Waals surface area contributed by atoms with Gasteiger partial charge in [-0.3, -0.25) is 0 Å². The Hall–Kier alpha value is -2.17. The quantitative estimate of drug-likeness (QED) is 0.580. The molecule has 0 fully saturated rings. The molecule has 0 aromatic heterocycles. The Morgan fingerprint density at radius 1 is 1.00 bits per heavy atom. The molecule has 0 aliphatic heterocycles. The zero-order valence-corrected chi connectivity index (χ0v) is 15.8. The molecule has 1 atom stereocenters. The van der Waals surface area contributed by atoms with Crippen LogP contribution in [0.2, 0.25) is 0 Å². The lowest BCUT2D eigenvalue weighted by molar-refractivity contribution is -0.0508. The predicted molar refractivity (Wildman–Crippen MR) is 97.0 cm³/mol. The first-order chi connectivity index (χ1) is 12.3. The second-order valence-corrected chi connectivity index (χ2v) is 6.78. The molecule has 1 unspecified atom stereocenters. The van der Waals surface area contributed by atoms with Gasteiger partial charge in [0.25, 0.3) is 0 Å². The summed E-state index contributed by atoms with van der Waals surface area (Å²) in [6.07, 6.45) is 0.448. The molecule has 0 amide bonds. The fourth-order valence-corrected chi connectivity index (χ4v) is 3.49. The molecule has 0 heterocycles. The molecule has 5 heteroatoms. The van der Waals surface area contributed by atoms with Gasteiger partial charge in [-0.15, -0.1) is 0 Å². The number of hydrogen-bond acceptors (Lipinski definition) is 2. The molecule has 0 aliphatic carbocycles. The Morgan fingerprint density at radius 3 is 2.27 bits per heavy atom. The van der Waals surface area contributed by atoms with E-state index in [1.54, 1.807) is 14.0 Å². The molecular formula is C21H25F3O2. The molecule has 0 spiro atoms. The Morgan fingerprint density at radius 2 is 1.69 bits per heavy atom. The average molecular weight is 366 g/mol. The summed E-state index contributed by atoms with van der Waals surface area (Å²) in [6, 6.07) is 7.96. The van der Waals surface area contributed by atoms with Crippen LogP contribution in [0.1, 0.15) is 54.9 Å². The van der Waals surface area contributed by atoms with E-state index in [4.69, 9.17) is 4.74 Å². The van der Waals surface area contributed by atoms with Gasteiger partial charge < -0.3 is 9.47 Å². The third-order valence-electron chi connectivity index (χ3n) is 4.52. The minimum Gasteiger partial charge on any atom is -0.496 e.